The summed E-state index contributed by atoms with van der Waals surface area (Å²) >= 11 is 0. The molecule has 3 heterocycles. The van der Waals surface area contributed by atoms with Gasteiger partial charge in [-0.25, -0.2) is 4.98 Å². The van der Waals surface area contributed by atoms with E-state index in [4.69, 9.17) is 9.15 Å². The van der Waals surface area contributed by atoms with Gasteiger partial charge < -0.3 is 14.1 Å². The number of hydrogen-bond donors (Lipinski definition) is 0. The van der Waals surface area contributed by atoms with Crippen LogP contribution in [-0.4, -0.2) is 77.6 Å². The zero-order valence-corrected chi connectivity index (χ0v) is 18.8. The van der Waals surface area contributed by atoms with Gasteiger partial charge in [0.1, 0.15) is 6.26 Å². The molecular weight excluding hydrogens is 404 g/mol. The number of amides is 1. The van der Waals surface area contributed by atoms with E-state index < -0.39 is 0 Å². The number of nitrogens with zero attached hydrogens (tertiary/aromatic N) is 4. The van der Waals surface area contributed by atoms with Crippen molar-refractivity contribution < 1.29 is 13.9 Å². The molecule has 7 heteroatoms. The van der Waals surface area contributed by atoms with E-state index in [1.165, 1.54) is 18.4 Å². The molecule has 1 saturated carbocycles. The SMILES string of the molecule is O=C(c1coc(CN2CCN(Cc3ccccc3)CC2)n1)N(CC1CC1)C[C@H]1CCCO1. The van der Waals surface area contributed by atoms with E-state index in [9.17, 15) is 4.79 Å². The minimum atomic E-state index is -0.0184. The maximum absolute atomic E-state index is 13.1. The second kappa shape index (κ2) is 10.1. The molecule has 2 aliphatic heterocycles. The monoisotopic (exact) mass is 438 g/mol. The van der Waals surface area contributed by atoms with E-state index in [0.717, 1.165) is 58.7 Å². The minimum Gasteiger partial charge on any atom is -0.447 e. The Balaban J connectivity index is 1.12. The molecule has 0 bridgehead atoms. The summed E-state index contributed by atoms with van der Waals surface area (Å²) in [6, 6.07) is 10.6. The second-order valence-corrected chi connectivity index (χ2v) is 9.45. The van der Waals surface area contributed by atoms with Crippen LogP contribution < -0.4 is 0 Å². The normalized spacial score (nSPS) is 22.3. The highest BCUT2D eigenvalue weighted by atomic mass is 16.5. The molecule has 1 aromatic carbocycles. The van der Waals surface area contributed by atoms with Gasteiger partial charge in [0.15, 0.2) is 5.69 Å². The molecule has 2 aromatic rings. The third kappa shape index (κ3) is 5.77. The predicted octanol–water partition coefficient (Wildman–Crippen LogP) is 3.02. The van der Waals surface area contributed by atoms with Gasteiger partial charge in [0.25, 0.3) is 5.91 Å². The van der Waals surface area contributed by atoms with E-state index in [0.29, 0.717) is 30.6 Å². The lowest BCUT2D eigenvalue weighted by Gasteiger charge is -2.34. The Bertz CT molecular complexity index is 868. The maximum atomic E-state index is 13.1. The Morgan fingerprint density at radius 2 is 1.75 bits per heavy atom. The van der Waals surface area contributed by atoms with Gasteiger partial charge in [-0.15, -0.1) is 0 Å². The lowest BCUT2D eigenvalue weighted by molar-refractivity contribution is 0.0510. The molecule has 1 aliphatic carbocycles. The highest BCUT2D eigenvalue weighted by molar-refractivity contribution is 5.92. The van der Waals surface area contributed by atoms with Crippen molar-refractivity contribution in [3.63, 3.8) is 0 Å². The Labute approximate surface area is 190 Å². The van der Waals surface area contributed by atoms with Crippen LogP contribution in [0.5, 0.6) is 0 Å². The number of carbonyl (C=O) groups is 1. The molecule has 1 amide bonds. The van der Waals surface area contributed by atoms with Crippen LogP contribution in [0.4, 0.5) is 0 Å². The lowest BCUT2D eigenvalue weighted by atomic mass is 10.2. The molecule has 0 radical (unpaired) electrons. The summed E-state index contributed by atoms with van der Waals surface area (Å²) in [5.41, 5.74) is 1.79. The highest BCUT2D eigenvalue weighted by Crippen LogP contribution is 2.30. The smallest absolute Gasteiger partial charge is 0.275 e. The van der Waals surface area contributed by atoms with Crippen LogP contribution in [0.25, 0.3) is 0 Å². The topological polar surface area (TPSA) is 62.1 Å². The predicted molar refractivity (Wildman–Crippen MR) is 121 cm³/mol. The fourth-order valence-electron chi connectivity index (χ4n) is 4.67. The third-order valence-electron chi connectivity index (χ3n) is 6.75. The van der Waals surface area contributed by atoms with Gasteiger partial charge >= 0.3 is 0 Å². The first-order chi connectivity index (χ1) is 15.7. The van der Waals surface area contributed by atoms with E-state index in [2.05, 4.69) is 45.1 Å². The zero-order chi connectivity index (χ0) is 21.8. The fourth-order valence-corrected chi connectivity index (χ4v) is 4.67. The van der Waals surface area contributed by atoms with Crippen LogP contribution in [0.1, 0.15) is 47.6 Å². The summed E-state index contributed by atoms with van der Waals surface area (Å²) in [6.45, 7) is 7.94. The fraction of sp³-hybridized carbons (Fsp3) is 0.600. The van der Waals surface area contributed by atoms with E-state index >= 15 is 0 Å². The second-order valence-electron chi connectivity index (χ2n) is 9.45. The Hall–Kier alpha value is -2.22. The van der Waals surface area contributed by atoms with Crippen molar-refractivity contribution in [1.82, 2.24) is 19.7 Å². The summed E-state index contributed by atoms with van der Waals surface area (Å²) in [5.74, 6) is 1.25. The molecule has 3 aliphatic rings. The van der Waals surface area contributed by atoms with Gasteiger partial charge in [-0.2, -0.15) is 0 Å². The molecule has 172 valence electrons. The van der Waals surface area contributed by atoms with Gasteiger partial charge in [0.2, 0.25) is 5.89 Å². The number of benzene rings is 1. The molecule has 7 nitrogen and oxygen atoms in total. The van der Waals surface area contributed by atoms with Crippen LogP contribution in [0.2, 0.25) is 0 Å². The quantitative estimate of drug-likeness (QED) is 0.600. The van der Waals surface area contributed by atoms with Crippen molar-refractivity contribution in [3.8, 4) is 0 Å². The van der Waals surface area contributed by atoms with Crippen LogP contribution in [0.3, 0.4) is 0 Å². The minimum absolute atomic E-state index is 0.0184. The molecule has 5 rings (SSSR count). The molecule has 2 saturated heterocycles. The van der Waals surface area contributed by atoms with Crippen LogP contribution in [0.15, 0.2) is 41.0 Å². The standard InChI is InChI=1S/C25H34N4O3/c30-25(29(16-21-8-9-21)17-22-7-4-14-31-22)23-19-32-24(26-23)18-28-12-10-27(11-13-28)15-20-5-2-1-3-6-20/h1-3,5-6,19,21-22H,4,7-18H2/t22-/m1/s1. The molecule has 3 fully saturated rings. The first-order valence-corrected chi connectivity index (χ1v) is 12.1. The van der Waals surface area contributed by atoms with Crippen molar-refractivity contribution in [1.29, 1.82) is 0 Å². The first-order valence-electron chi connectivity index (χ1n) is 12.1. The van der Waals surface area contributed by atoms with Gasteiger partial charge in [-0.3, -0.25) is 14.6 Å². The van der Waals surface area contributed by atoms with Crippen molar-refractivity contribution in [3.05, 3.63) is 53.7 Å². The van der Waals surface area contributed by atoms with Gasteiger partial charge in [0.05, 0.1) is 12.6 Å². The Morgan fingerprint density at radius 1 is 1.00 bits per heavy atom. The summed E-state index contributed by atoms with van der Waals surface area (Å²) in [6.07, 6.45) is 6.26. The summed E-state index contributed by atoms with van der Waals surface area (Å²) in [7, 11) is 0. The number of aromatic nitrogens is 1. The van der Waals surface area contributed by atoms with Gasteiger partial charge in [-0.05, 0) is 37.2 Å². The van der Waals surface area contributed by atoms with E-state index in [-0.39, 0.29) is 12.0 Å². The van der Waals surface area contributed by atoms with Gasteiger partial charge in [-0.1, -0.05) is 30.3 Å². The number of ether oxygens (including phenoxy) is 1. The summed E-state index contributed by atoms with van der Waals surface area (Å²) in [4.78, 5) is 24.5. The Kier molecular flexibility index (Phi) is 6.86. The van der Waals surface area contributed by atoms with Crippen molar-refractivity contribution in [2.45, 2.75) is 44.9 Å². The first kappa shape index (κ1) is 21.6. The molecule has 1 aromatic heterocycles. The number of carbonyl (C=O) groups excluding carboxylic acids is 1. The molecule has 0 spiro atoms. The van der Waals surface area contributed by atoms with Crippen LogP contribution >= 0.6 is 0 Å². The van der Waals surface area contributed by atoms with E-state index in [1.54, 1.807) is 6.26 Å². The maximum Gasteiger partial charge on any atom is 0.275 e. The Morgan fingerprint density at radius 3 is 2.44 bits per heavy atom. The molecule has 0 unspecified atom stereocenters. The van der Waals surface area contributed by atoms with Gasteiger partial charge in [0, 0.05) is 52.4 Å². The number of rotatable bonds is 9. The number of oxazole rings is 1. The number of piperazine rings is 1. The lowest BCUT2D eigenvalue weighted by Crippen LogP contribution is -2.45. The molecule has 1 atom stereocenters. The van der Waals surface area contributed by atoms with E-state index in [1.807, 2.05) is 4.90 Å². The summed E-state index contributed by atoms with van der Waals surface area (Å²) in [5, 5.41) is 0. The average molecular weight is 439 g/mol. The summed E-state index contributed by atoms with van der Waals surface area (Å²) < 4.78 is 11.5. The van der Waals surface area contributed by atoms with Crippen molar-refractivity contribution >= 4 is 5.91 Å². The largest absolute Gasteiger partial charge is 0.447 e. The average Bonchev–Trinajstić information content (AvgIpc) is 3.27. The molecular formula is C25H34N4O3. The highest BCUT2D eigenvalue weighted by Gasteiger charge is 2.31. The molecule has 32 heavy (non-hydrogen) atoms. The number of hydrogen-bond acceptors (Lipinski definition) is 6. The van der Waals surface area contributed by atoms with Crippen molar-refractivity contribution in [2.24, 2.45) is 5.92 Å². The van der Waals surface area contributed by atoms with Crippen molar-refractivity contribution in [2.75, 3.05) is 45.9 Å². The van der Waals surface area contributed by atoms with Crippen LogP contribution in [-0.2, 0) is 17.8 Å². The zero-order valence-electron chi connectivity index (χ0n) is 18.8. The third-order valence-corrected chi connectivity index (χ3v) is 6.75. The van der Waals surface area contributed by atoms with Crippen LogP contribution in [0, 0.1) is 5.92 Å². The molecule has 0 N–H and O–H groups in total.